The van der Waals surface area contributed by atoms with Crippen molar-refractivity contribution in [1.82, 2.24) is 9.13 Å². The van der Waals surface area contributed by atoms with E-state index in [1.807, 2.05) is 6.07 Å². The van der Waals surface area contributed by atoms with Crippen molar-refractivity contribution in [2.75, 3.05) is 0 Å². The van der Waals surface area contributed by atoms with E-state index in [-0.39, 0.29) is 0 Å². The van der Waals surface area contributed by atoms with Crippen LogP contribution in [0.5, 0.6) is 0 Å². The highest BCUT2D eigenvalue weighted by molar-refractivity contribution is 6.13. The van der Waals surface area contributed by atoms with Crippen molar-refractivity contribution in [2.24, 2.45) is 0 Å². The second kappa shape index (κ2) is 15.2. The number of benzene rings is 9. The van der Waals surface area contributed by atoms with E-state index in [0.29, 0.717) is 5.69 Å². The highest BCUT2D eigenvalue weighted by Gasteiger charge is 2.23. The van der Waals surface area contributed by atoms with Crippen LogP contribution in [0.4, 0.5) is 5.69 Å². The summed E-state index contributed by atoms with van der Waals surface area (Å²) in [5.74, 6) is 0. The van der Waals surface area contributed by atoms with Crippen LogP contribution in [0, 0.1) is 48.1 Å². The van der Waals surface area contributed by atoms with E-state index < -0.39 is 0 Å². The Morgan fingerprint density at radius 3 is 1.36 bits per heavy atom. The first-order valence-corrected chi connectivity index (χ1v) is 22.1. The maximum absolute atomic E-state index is 8.28. The summed E-state index contributed by atoms with van der Waals surface area (Å²) in [5, 5.41) is 4.79. The van der Waals surface area contributed by atoms with Crippen molar-refractivity contribution in [1.29, 1.82) is 0 Å². The number of aromatic nitrogens is 2. The number of fused-ring (bicyclic) bond motifs is 6. The number of aryl methyl sites for hydroxylation is 6. The maximum Gasteiger partial charge on any atom is 0.188 e. The number of hydrogen-bond acceptors (Lipinski definition) is 0. The zero-order chi connectivity index (χ0) is 43.8. The summed E-state index contributed by atoms with van der Waals surface area (Å²) in [4.78, 5) is 4.03. The summed E-state index contributed by atoms with van der Waals surface area (Å²) in [6.07, 6.45) is 0. The molecule has 0 aliphatic carbocycles. The molecule has 0 spiro atoms. The fraction of sp³-hybridized carbons (Fsp3) is 0.0984. The Labute approximate surface area is 374 Å². The van der Waals surface area contributed by atoms with Crippen LogP contribution in [0.15, 0.2) is 176 Å². The highest BCUT2D eigenvalue weighted by atomic mass is 15.0. The van der Waals surface area contributed by atoms with Gasteiger partial charge in [0.25, 0.3) is 0 Å². The Morgan fingerprint density at radius 1 is 0.344 bits per heavy atom. The van der Waals surface area contributed by atoms with Gasteiger partial charge in [0.05, 0.1) is 40.0 Å². The van der Waals surface area contributed by atoms with Gasteiger partial charge in [0.1, 0.15) is 0 Å². The molecule has 0 aliphatic heterocycles. The second-order valence-electron chi connectivity index (χ2n) is 17.7. The van der Waals surface area contributed by atoms with Crippen LogP contribution in [0.25, 0.3) is 104 Å². The molecular weight excluding hydrogens is 775 g/mol. The molecule has 0 saturated carbocycles. The third-order valence-electron chi connectivity index (χ3n) is 13.1. The lowest BCUT2D eigenvalue weighted by molar-refractivity contribution is 1.16. The predicted molar refractivity (Wildman–Crippen MR) is 272 cm³/mol. The molecule has 0 unspecified atom stereocenters. The fourth-order valence-corrected chi connectivity index (χ4v) is 10.5. The van der Waals surface area contributed by atoms with Crippen molar-refractivity contribution >= 4 is 49.3 Å². The topological polar surface area (TPSA) is 14.2 Å². The van der Waals surface area contributed by atoms with E-state index in [1.165, 1.54) is 82.7 Å². The van der Waals surface area contributed by atoms with Gasteiger partial charge in [-0.05, 0) is 146 Å². The molecule has 11 rings (SSSR count). The molecule has 0 radical (unpaired) electrons. The van der Waals surface area contributed by atoms with Crippen LogP contribution in [-0.4, -0.2) is 9.13 Å². The van der Waals surface area contributed by atoms with Crippen LogP contribution in [0.3, 0.4) is 0 Å². The Morgan fingerprint density at radius 2 is 0.828 bits per heavy atom. The molecule has 0 fully saturated rings. The summed E-state index contributed by atoms with van der Waals surface area (Å²) in [7, 11) is 0. The molecule has 64 heavy (non-hydrogen) atoms. The van der Waals surface area contributed by atoms with Crippen LogP contribution < -0.4 is 0 Å². The number of rotatable bonds is 6. The third kappa shape index (κ3) is 6.42. The standard InChI is InChI=1S/C61H47N3/c1-37-27-38(2)30-46(29-37)43-20-24-57-52(33-43)49-15-8-10-17-55(49)63(57)59-26-22-48(62-7)36-54(59)51-23-19-45(61-41(5)13-12-14-42(61)6)35-60(51)64-56-18-11-9-16-50(56)53-34-44(21-25-58(53)64)47-31-39(3)28-40(4)32-47/h8-36H,1-6H3. The summed E-state index contributed by atoms with van der Waals surface area (Å²) in [5.41, 5.74) is 24.0. The molecule has 0 bridgehead atoms. The minimum atomic E-state index is 0.599. The predicted octanol–water partition coefficient (Wildman–Crippen LogP) is 17.0. The Bertz CT molecular complexity index is 3690. The molecule has 2 aromatic heterocycles. The van der Waals surface area contributed by atoms with Gasteiger partial charge < -0.3 is 9.13 Å². The van der Waals surface area contributed by atoms with Crippen molar-refractivity contribution in [3.63, 3.8) is 0 Å². The van der Waals surface area contributed by atoms with E-state index in [2.05, 4.69) is 225 Å². The largest absolute Gasteiger partial charge is 0.309 e. The van der Waals surface area contributed by atoms with Gasteiger partial charge in [-0.15, -0.1) is 0 Å². The Kier molecular flexibility index (Phi) is 9.22. The van der Waals surface area contributed by atoms with Crippen LogP contribution in [0.1, 0.15) is 33.4 Å². The molecule has 9 aromatic carbocycles. The van der Waals surface area contributed by atoms with E-state index in [1.54, 1.807) is 0 Å². The van der Waals surface area contributed by atoms with Gasteiger partial charge in [0.15, 0.2) is 5.69 Å². The van der Waals surface area contributed by atoms with Gasteiger partial charge in [-0.2, -0.15) is 0 Å². The second-order valence-corrected chi connectivity index (χ2v) is 17.7. The first-order chi connectivity index (χ1) is 31.1. The summed E-state index contributed by atoms with van der Waals surface area (Å²) >= 11 is 0. The molecular formula is C61H47N3. The highest BCUT2D eigenvalue weighted by Crippen LogP contribution is 2.45. The average molecular weight is 822 g/mol. The molecule has 11 aromatic rings. The summed E-state index contributed by atoms with van der Waals surface area (Å²) in [6.45, 7) is 21.4. The molecule has 3 nitrogen and oxygen atoms in total. The zero-order valence-electron chi connectivity index (χ0n) is 37.1. The first kappa shape index (κ1) is 39.0. The molecule has 0 N–H and O–H groups in total. The fourth-order valence-electron chi connectivity index (χ4n) is 10.5. The normalized spacial score (nSPS) is 11.6. The van der Waals surface area contributed by atoms with Gasteiger partial charge >= 0.3 is 0 Å². The minimum Gasteiger partial charge on any atom is -0.309 e. The summed E-state index contributed by atoms with van der Waals surface area (Å²) < 4.78 is 4.86. The Balaban J connectivity index is 1.21. The maximum atomic E-state index is 8.28. The first-order valence-electron chi connectivity index (χ1n) is 22.1. The number of nitrogens with zero attached hydrogens (tertiary/aromatic N) is 3. The van der Waals surface area contributed by atoms with Crippen molar-refractivity contribution in [3.05, 3.63) is 221 Å². The minimum absolute atomic E-state index is 0.599. The van der Waals surface area contributed by atoms with Gasteiger partial charge in [0.2, 0.25) is 0 Å². The smallest absolute Gasteiger partial charge is 0.188 e. The van der Waals surface area contributed by atoms with Crippen molar-refractivity contribution < 1.29 is 0 Å². The van der Waals surface area contributed by atoms with Crippen LogP contribution in [-0.2, 0) is 0 Å². The van der Waals surface area contributed by atoms with Gasteiger partial charge in [-0.3, -0.25) is 0 Å². The SMILES string of the molecule is [C-]#[N+]c1ccc(-n2c3ccccc3c3cc(-c4cc(C)cc(C)c4)ccc32)c(-c2ccc(-c3c(C)cccc3C)cc2-n2c3ccccc3c3cc(-c4cc(C)cc(C)c4)ccc32)c1. The third-order valence-corrected chi connectivity index (χ3v) is 13.1. The van der Waals surface area contributed by atoms with Gasteiger partial charge in [-0.1, -0.05) is 144 Å². The zero-order valence-corrected chi connectivity index (χ0v) is 37.1. The molecule has 0 saturated heterocycles. The lowest BCUT2D eigenvalue weighted by Gasteiger charge is -2.21. The number of hydrogen-bond donors (Lipinski definition) is 0. The van der Waals surface area contributed by atoms with Gasteiger partial charge in [0, 0.05) is 27.1 Å². The average Bonchev–Trinajstić information content (AvgIpc) is 3.80. The van der Waals surface area contributed by atoms with Gasteiger partial charge in [-0.25, -0.2) is 4.85 Å². The van der Waals surface area contributed by atoms with Crippen LogP contribution in [0.2, 0.25) is 0 Å². The van der Waals surface area contributed by atoms with E-state index in [9.17, 15) is 0 Å². The quantitative estimate of drug-likeness (QED) is 0.148. The number of para-hydroxylation sites is 2. The van der Waals surface area contributed by atoms with Crippen molar-refractivity contribution in [3.8, 4) is 55.9 Å². The lowest BCUT2D eigenvalue weighted by atomic mass is 9.92. The van der Waals surface area contributed by atoms with E-state index in [0.717, 1.165) is 50.1 Å². The monoisotopic (exact) mass is 821 g/mol. The molecule has 0 amide bonds. The van der Waals surface area contributed by atoms with E-state index in [4.69, 9.17) is 6.57 Å². The molecule has 0 atom stereocenters. The van der Waals surface area contributed by atoms with E-state index >= 15 is 0 Å². The van der Waals surface area contributed by atoms with Crippen molar-refractivity contribution in [2.45, 2.75) is 41.5 Å². The summed E-state index contributed by atoms with van der Waals surface area (Å²) in [6, 6.07) is 64.6. The molecule has 3 heteroatoms. The molecule has 306 valence electrons. The van der Waals surface area contributed by atoms with Crippen LogP contribution >= 0.6 is 0 Å². The lowest BCUT2D eigenvalue weighted by Crippen LogP contribution is -2.02. The molecule has 2 heterocycles. The molecule has 0 aliphatic rings. The Hall–Kier alpha value is -7.93.